The van der Waals surface area contributed by atoms with Gasteiger partial charge in [0.15, 0.2) is 11.5 Å². The molecule has 1 aromatic rings. The molecule has 0 aliphatic heterocycles. The average molecular weight is 253 g/mol. The fourth-order valence-corrected chi connectivity index (χ4v) is 1.41. The Labute approximate surface area is 107 Å². The molecule has 0 amide bonds. The lowest BCUT2D eigenvalue weighted by Gasteiger charge is -2.13. The van der Waals surface area contributed by atoms with E-state index >= 15 is 0 Å². The van der Waals surface area contributed by atoms with Gasteiger partial charge in [0.1, 0.15) is 6.54 Å². The van der Waals surface area contributed by atoms with Crippen LogP contribution in [0.4, 0.5) is 5.69 Å². The van der Waals surface area contributed by atoms with Gasteiger partial charge in [-0.05, 0) is 26.0 Å². The van der Waals surface area contributed by atoms with E-state index in [2.05, 4.69) is 10.1 Å². The minimum Gasteiger partial charge on any atom is -0.490 e. The zero-order valence-corrected chi connectivity index (χ0v) is 11.0. The summed E-state index contributed by atoms with van der Waals surface area (Å²) in [4.78, 5) is 11.0. The molecule has 0 bridgehead atoms. The number of nitrogens with one attached hydrogen (secondary N) is 1. The van der Waals surface area contributed by atoms with E-state index in [1.807, 2.05) is 26.0 Å². The second kappa shape index (κ2) is 7.42. The predicted molar refractivity (Wildman–Crippen MR) is 69.3 cm³/mol. The van der Waals surface area contributed by atoms with Crippen LogP contribution >= 0.6 is 0 Å². The number of carbonyl (C=O) groups is 1. The van der Waals surface area contributed by atoms with Gasteiger partial charge >= 0.3 is 5.97 Å². The number of methoxy groups -OCH3 is 1. The summed E-state index contributed by atoms with van der Waals surface area (Å²) in [6.45, 7) is 5.08. The van der Waals surface area contributed by atoms with E-state index in [-0.39, 0.29) is 12.5 Å². The topological polar surface area (TPSA) is 56.8 Å². The molecule has 18 heavy (non-hydrogen) atoms. The number of hydrogen-bond acceptors (Lipinski definition) is 5. The van der Waals surface area contributed by atoms with Crippen LogP contribution in [-0.4, -0.2) is 32.8 Å². The Kier molecular flexibility index (Phi) is 5.84. The minimum absolute atomic E-state index is 0.121. The summed E-state index contributed by atoms with van der Waals surface area (Å²) in [5.74, 6) is 1.04. The molecule has 1 N–H and O–H groups in total. The lowest BCUT2D eigenvalue weighted by Crippen LogP contribution is -2.15. The molecule has 0 spiro atoms. The van der Waals surface area contributed by atoms with Gasteiger partial charge in [0, 0.05) is 11.8 Å². The van der Waals surface area contributed by atoms with Crippen molar-refractivity contribution in [1.82, 2.24) is 0 Å². The maximum absolute atomic E-state index is 11.0. The Hall–Kier alpha value is -1.91. The summed E-state index contributed by atoms with van der Waals surface area (Å²) in [5, 5.41) is 2.95. The van der Waals surface area contributed by atoms with Gasteiger partial charge < -0.3 is 19.5 Å². The van der Waals surface area contributed by atoms with Crippen molar-refractivity contribution < 1.29 is 19.0 Å². The number of esters is 1. The summed E-state index contributed by atoms with van der Waals surface area (Å²) in [5.41, 5.74) is 0.785. The highest BCUT2D eigenvalue weighted by Crippen LogP contribution is 2.30. The predicted octanol–water partition coefficient (Wildman–Crippen LogP) is 2.07. The molecule has 0 heterocycles. The summed E-state index contributed by atoms with van der Waals surface area (Å²) in [6, 6.07) is 5.45. The van der Waals surface area contributed by atoms with Crippen LogP contribution in [0.3, 0.4) is 0 Å². The van der Waals surface area contributed by atoms with Crippen LogP contribution in [0, 0.1) is 0 Å². The Bertz CT molecular complexity index is 393. The second-order valence-corrected chi connectivity index (χ2v) is 3.46. The molecule has 100 valence electrons. The van der Waals surface area contributed by atoms with Gasteiger partial charge in [-0.1, -0.05) is 0 Å². The highest BCUT2D eigenvalue weighted by molar-refractivity contribution is 5.75. The number of anilines is 1. The molecule has 0 saturated heterocycles. The average Bonchev–Trinajstić information content (AvgIpc) is 2.39. The summed E-state index contributed by atoms with van der Waals surface area (Å²) in [6.07, 6.45) is 0. The molecule has 1 aromatic carbocycles. The number of hydrogen-bond donors (Lipinski definition) is 1. The van der Waals surface area contributed by atoms with Crippen molar-refractivity contribution in [2.24, 2.45) is 0 Å². The molecule has 5 heteroatoms. The van der Waals surface area contributed by atoms with Crippen molar-refractivity contribution in [3.05, 3.63) is 18.2 Å². The Morgan fingerprint density at radius 2 is 1.83 bits per heavy atom. The van der Waals surface area contributed by atoms with Gasteiger partial charge in [0.25, 0.3) is 0 Å². The van der Waals surface area contributed by atoms with Crippen molar-refractivity contribution in [3.63, 3.8) is 0 Å². The van der Waals surface area contributed by atoms with Crippen molar-refractivity contribution in [2.75, 3.05) is 32.2 Å². The van der Waals surface area contributed by atoms with Gasteiger partial charge in [0.2, 0.25) is 0 Å². The molecule has 5 nitrogen and oxygen atoms in total. The summed E-state index contributed by atoms with van der Waals surface area (Å²) < 4.78 is 15.5. The second-order valence-electron chi connectivity index (χ2n) is 3.46. The van der Waals surface area contributed by atoms with Crippen molar-refractivity contribution in [1.29, 1.82) is 0 Å². The van der Waals surface area contributed by atoms with Crippen LogP contribution < -0.4 is 14.8 Å². The third kappa shape index (κ3) is 4.16. The van der Waals surface area contributed by atoms with Crippen LogP contribution in [-0.2, 0) is 9.53 Å². The molecule has 0 aliphatic carbocycles. The van der Waals surface area contributed by atoms with Gasteiger partial charge in [-0.3, -0.25) is 4.79 Å². The van der Waals surface area contributed by atoms with E-state index in [0.29, 0.717) is 24.7 Å². The Balaban J connectivity index is 2.75. The van der Waals surface area contributed by atoms with Crippen LogP contribution in [0.25, 0.3) is 0 Å². The Morgan fingerprint density at radius 3 is 2.44 bits per heavy atom. The quantitative estimate of drug-likeness (QED) is 0.754. The molecule has 0 fully saturated rings. The minimum atomic E-state index is -0.318. The molecule has 0 unspecified atom stereocenters. The van der Waals surface area contributed by atoms with Crippen molar-refractivity contribution in [2.45, 2.75) is 13.8 Å². The lowest BCUT2D eigenvalue weighted by molar-refractivity contribution is -0.138. The van der Waals surface area contributed by atoms with Crippen molar-refractivity contribution >= 4 is 11.7 Å². The molecular weight excluding hydrogens is 234 g/mol. The maximum Gasteiger partial charge on any atom is 0.325 e. The fraction of sp³-hybridized carbons (Fsp3) is 0.462. The highest BCUT2D eigenvalue weighted by Gasteiger charge is 2.07. The van der Waals surface area contributed by atoms with E-state index in [1.54, 1.807) is 6.07 Å². The zero-order chi connectivity index (χ0) is 13.4. The highest BCUT2D eigenvalue weighted by atomic mass is 16.5. The van der Waals surface area contributed by atoms with Gasteiger partial charge in [-0.2, -0.15) is 0 Å². The van der Waals surface area contributed by atoms with Gasteiger partial charge in [-0.15, -0.1) is 0 Å². The number of carbonyl (C=O) groups excluding carboxylic acids is 1. The third-order valence-electron chi connectivity index (χ3n) is 2.21. The van der Waals surface area contributed by atoms with Crippen LogP contribution in [0.5, 0.6) is 11.5 Å². The van der Waals surface area contributed by atoms with E-state index in [4.69, 9.17) is 9.47 Å². The monoisotopic (exact) mass is 253 g/mol. The number of benzene rings is 1. The van der Waals surface area contributed by atoms with Gasteiger partial charge in [-0.25, -0.2) is 0 Å². The van der Waals surface area contributed by atoms with E-state index < -0.39 is 0 Å². The fourth-order valence-electron chi connectivity index (χ4n) is 1.41. The SMILES string of the molecule is CCOc1ccc(NCC(=O)OC)cc1OCC. The first-order valence-electron chi connectivity index (χ1n) is 5.91. The largest absolute Gasteiger partial charge is 0.490 e. The molecular formula is C13H19NO4. The smallest absolute Gasteiger partial charge is 0.325 e. The van der Waals surface area contributed by atoms with E-state index in [9.17, 15) is 4.79 Å². The number of rotatable bonds is 7. The molecule has 0 aliphatic rings. The summed E-state index contributed by atoms with van der Waals surface area (Å²) >= 11 is 0. The maximum atomic E-state index is 11.0. The molecule has 0 aromatic heterocycles. The van der Waals surface area contributed by atoms with Gasteiger partial charge in [0.05, 0.1) is 20.3 Å². The third-order valence-corrected chi connectivity index (χ3v) is 2.21. The first-order valence-corrected chi connectivity index (χ1v) is 5.91. The molecule has 0 radical (unpaired) electrons. The van der Waals surface area contributed by atoms with E-state index in [0.717, 1.165) is 5.69 Å². The normalized spacial score (nSPS) is 9.72. The Morgan fingerprint density at radius 1 is 1.17 bits per heavy atom. The first kappa shape index (κ1) is 14.2. The zero-order valence-electron chi connectivity index (χ0n) is 11.0. The van der Waals surface area contributed by atoms with Crippen LogP contribution in [0.1, 0.15) is 13.8 Å². The molecule has 0 atom stereocenters. The van der Waals surface area contributed by atoms with Crippen LogP contribution in [0.2, 0.25) is 0 Å². The van der Waals surface area contributed by atoms with Crippen molar-refractivity contribution in [3.8, 4) is 11.5 Å². The standard InChI is InChI=1S/C13H19NO4/c1-4-17-11-7-6-10(8-12(11)18-5-2)14-9-13(15)16-3/h6-8,14H,4-5,9H2,1-3H3. The molecule has 1 rings (SSSR count). The molecule has 0 saturated carbocycles. The van der Waals surface area contributed by atoms with Crippen LogP contribution in [0.15, 0.2) is 18.2 Å². The number of ether oxygens (including phenoxy) is 3. The lowest BCUT2D eigenvalue weighted by atomic mass is 10.2. The first-order chi connectivity index (χ1) is 8.71. The summed E-state index contributed by atoms with van der Waals surface area (Å²) in [7, 11) is 1.35. The van der Waals surface area contributed by atoms with E-state index in [1.165, 1.54) is 7.11 Å².